The van der Waals surface area contributed by atoms with Gasteiger partial charge in [-0.2, -0.15) is 26.3 Å². The molecule has 100 valence electrons. The molecule has 0 aliphatic carbocycles. The van der Waals surface area contributed by atoms with Gasteiger partial charge in [0.15, 0.2) is 5.78 Å². The van der Waals surface area contributed by atoms with Crippen molar-refractivity contribution in [3.63, 3.8) is 0 Å². The molecule has 2 nitrogen and oxygen atoms in total. The van der Waals surface area contributed by atoms with Crippen LogP contribution in [0.25, 0.3) is 0 Å². The standard InChI is InChI=1S/C10H7F6NO/c1-5-2-3-6(4-17-5)7(18)8(9(11,12)13)10(14,15)16/h2-4,8H,1H3. The first-order valence-corrected chi connectivity index (χ1v) is 4.64. The van der Waals surface area contributed by atoms with Crippen molar-refractivity contribution in [1.29, 1.82) is 0 Å². The zero-order valence-electron chi connectivity index (χ0n) is 8.93. The van der Waals surface area contributed by atoms with Gasteiger partial charge in [0.1, 0.15) is 0 Å². The number of ketones is 1. The molecule has 0 aliphatic heterocycles. The molecule has 0 aromatic carbocycles. The molecule has 8 heteroatoms. The molecule has 0 saturated heterocycles. The summed E-state index contributed by atoms with van der Waals surface area (Å²) in [5.74, 6) is -6.07. The van der Waals surface area contributed by atoms with E-state index in [4.69, 9.17) is 0 Å². The summed E-state index contributed by atoms with van der Waals surface area (Å²) in [6.45, 7) is 1.49. The Morgan fingerprint density at radius 1 is 1.11 bits per heavy atom. The summed E-state index contributed by atoms with van der Waals surface area (Å²) in [6.07, 6.45) is -10.7. The fourth-order valence-electron chi connectivity index (χ4n) is 1.26. The van der Waals surface area contributed by atoms with Crippen LogP contribution in [0.2, 0.25) is 0 Å². The summed E-state index contributed by atoms with van der Waals surface area (Å²) in [5, 5.41) is 0. The lowest BCUT2D eigenvalue weighted by molar-refractivity contribution is -0.264. The van der Waals surface area contributed by atoms with Gasteiger partial charge in [-0.05, 0) is 19.1 Å². The van der Waals surface area contributed by atoms with Crippen molar-refractivity contribution in [2.75, 3.05) is 0 Å². The number of pyridine rings is 1. The van der Waals surface area contributed by atoms with Gasteiger partial charge in [-0.1, -0.05) is 0 Å². The lowest BCUT2D eigenvalue weighted by Crippen LogP contribution is -2.42. The second-order valence-electron chi connectivity index (χ2n) is 3.57. The van der Waals surface area contributed by atoms with E-state index in [1.165, 1.54) is 6.92 Å². The van der Waals surface area contributed by atoms with Crippen molar-refractivity contribution >= 4 is 5.78 Å². The first-order valence-electron chi connectivity index (χ1n) is 4.64. The van der Waals surface area contributed by atoms with E-state index in [-0.39, 0.29) is 0 Å². The number of rotatable bonds is 2. The molecule has 0 spiro atoms. The predicted molar refractivity (Wildman–Crippen MR) is 48.9 cm³/mol. The Balaban J connectivity index is 3.16. The molecule has 0 bridgehead atoms. The van der Waals surface area contributed by atoms with Crippen molar-refractivity contribution in [2.24, 2.45) is 5.92 Å². The van der Waals surface area contributed by atoms with E-state index >= 15 is 0 Å². The van der Waals surface area contributed by atoms with Crippen LogP contribution in [0.5, 0.6) is 0 Å². The van der Waals surface area contributed by atoms with Crippen LogP contribution >= 0.6 is 0 Å². The van der Waals surface area contributed by atoms with Crippen LogP contribution in [0.4, 0.5) is 26.3 Å². The number of carbonyl (C=O) groups excluding carboxylic acids is 1. The molecule has 1 aromatic heterocycles. The molecule has 0 amide bonds. The monoisotopic (exact) mass is 271 g/mol. The molecular weight excluding hydrogens is 264 g/mol. The number of hydrogen-bond donors (Lipinski definition) is 0. The van der Waals surface area contributed by atoms with Gasteiger partial charge in [0, 0.05) is 17.5 Å². The van der Waals surface area contributed by atoms with E-state index in [9.17, 15) is 31.1 Å². The third-order valence-electron chi connectivity index (χ3n) is 2.11. The highest BCUT2D eigenvalue weighted by Gasteiger charge is 2.60. The number of hydrogen-bond acceptors (Lipinski definition) is 2. The first kappa shape index (κ1) is 14.5. The highest BCUT2D eigenvalue weighted by atomic mass is 19.4. The lowest BCUT2D eigenvalue weighted by atomic mass is 9.97. The maximum Gasteiger partial charge on any atom is 0.407 e. The molecule has 1 rings (SSSR count). The first-order chi connectivity index (χ1) is 8.03. The smallest absolute Gasteiger partial charge is 0.293 e. The van der Waals surface area contributed by atoms with E-state index in [0.717, 1.165) is 12.1 Å². The zero-order chi connectivity index (χ0) is 14.1. The highest BCUT2D eigenvalue weighted by Crippen LogP contribution is 2.41. The van der Waals surface area contributed by atoms with Crippen LogP contribution in [0.3, 0.4) is 0 Å². The quantitative estimate of drug-likeness (QED) is 0.610. The molecule has 0 fully saturated rings. The molecule has 0 saturated carbocycles. The minimum Gasteiger partial charge on any atom is -0.293 e. The SMILES string of the molecule is Cc1ccc(C(=O)C(C(F)(F)F)C(F)(F)F)cn1. The fourth-order valence-corrected chi connectivity index (χ4v) is 1.26. The van der Waals surface area contributed by atoms with Gasteiger partial charge in [0.2, 0.25) is 5.92 Å². The lowest BCUT2D eigenvalue weighted by Gasteiger charge is -2.21. The van der Waals surface area contributed by atoms with Gasteiger partial charge >= 0.3 is 12.4 Å². The number of Topliss-reactive ketones (excluding diaryl/α,β-unsaturated/α-hetero) is 1. The fraction of sp³-hybridized carbons (Fsp3) is 0.400. The zero-order valence-corrected chi connectivity index (χ0v) is 8.93. The number of aromatic nitrogens is 1. The van der Waals surface area contributed by atoms with Crippen LogP contribution in [-0.4, -0.2) is 23.1 Å². The Kier molecular flexibility index (Phi) is 3.68. The van der Waals surface area contributed by atoms with E-state index in [0.29, 0.717) is 11.9 Å². The minimum atomic E-state index is -5.68. The second-order valence-corrected chi connectivity index (χ2v) is 3.57. The van der Waals surface area contributed by atoms with Crippen LogP contribution in [0, 0.1) is 12.8 Å². The van der Waals surface area contributed by atoms with E-state index in [1.54, 1.807) is 0 Å². The summed E-state index contributed by atoms with van der Waals surface area (Å²) in [4.78, 5) is 14.8. The van der Waals surface area contributed by atoms with E-state index < -0.39 is 29.6 Å². The van der Waals surface area contributed by atoms with Crippen LogP contribution in [-0.2, 0) is 0 Å². The summed E-state index contributed by atoms with van der Waals surface area (Å²) in [7, 11) is 0. The van der Waals surface area contributed by atoms with Crippen LogP contribution < -0.4 is 0 Å². The molecule has 0 radical (unpaired) electrons. The van der Waals surface area contributed by atoms with Gasteiger partial charge in [0.05, 0.1) is 0 Å². The Morgan fingerprint density at radius 2 is 1.61 bits per heavy atom. The van der Waals surface area contributed by atoms with Crippen molar-refractivity contribution in [2.45, 2.75) is 19.3 Å². The molecule has 0 atom stereocenters. The Bertz CT molecular complexity index is 419. The van der Waals surface area contributed by atoms with Crippen molar-refractivity contribution < 1.29 is 31.1 Å². The largest absolute Gasteiger partial charge is 0.407 e. The third-order valence-corrected chi connectivity index (χ3v) is 2.11. The summed E-state index contributed by atoms with van der Waals surface area (Å²) in [5.41, 5.74) is -0.345. The number of alkyl halides is 6. The number of nitrogens with zero attached hydrogens (tertiary/aromatic N) is 1. The molecule has 0 aliphatic rings. The summed E-state index contributed by atoms with van der Waals surface area (Å²) < 4.78 is 73.6. The molecule has 1 aromatic rings. The maximum absolute atomic E-state index is 12.3. The van der Waals surface area contributed by atoms with Crippen molar-refractivity contribution in [1.82, 2.24) is 4.98 Å². The van der Waals surface area contributed by atoms with Gasteiger partial charge in [-0.3, -0.25) is 9.78 Å². The molecule has 0 N–H and O–H groups in total. The highest BCUT2D eigenvalue weighted by molar-refractivity contribution is 5.98. The molecule has 1 heterocycles. The Hall–Kier alpha value is -1.60. The number of aryl methyl sites for hydroxylation is 1. The van der Waals surface area contributed by atoms with Gasteiger partial charge < -0.3 is 0 Å². The Labute approximate surface area is 97.6 Å². The minimum absolute atomic E-state index is 0.377. The normalized spacial score (nSPS) is 12.9. The van der Waals surface area contributed by atoms with E-state index in [1.807, 2.05) is 0 Å². The van der Waals surface area contributed by atoms with Crippen LogP contribution in [0.1, 0.15) is 16.1 Å². The number of halogens is 6. The van der Waals surface area contributed by atoms with Gasteiger partial charge in [0.25, 0.3) is 0 Å². The molecule has 18 heavy (non-hydrogen) atoms. The van der Waals surface area contributed by atoms with Crippen molar-refractivity contribution in [3.8, 4) is 0 Å². The predicted octanol–water partition coefficient (Wildman–Crippen LogP) is 3.31. The second kappa shape index (κ2) is 4.58. The van der Waals surface area contributed by atoms with Gasteiger partial charge in [-0.15, -0.1) is 0 Å². The summed E-state index contributed by atoms with van der Waals surface area (Å²) in [6, 6.07) is 2.05. The molecule has 0 unspecified atom stereocenters. The average Bonchev–Trinajstić information content (AvgIpc) is 2.13. The average molecular weight is 271 g/mol. The van der Waals surface area contributed by atoms with Crippen molar-refractivity contribution in [3.05, 3.63) is 29.6 Å². The maximum atomic E-state index is 12.3. The Morgan fingerprint density at radius 3 is 1.94 bits per heavy atom. The molecular formula is C10H7F6NO. The van der Waals surface area contributed by atoms with E-state index in [2.05, 4.69) is 4.98 Å². The third kappa shape index (κ3) is 3.21. The van der Waals surface area contributed by atoms with Crippen LogP contribution in [0.15, 0.2) is 18.3 Å². The summed E-state index contributed by atoms with van der Waals surface area (Å²) >= 11 is 0. The topological polar surface area (TPSA) is 30.0 Å². The van der Waals surface area contributed by atoms with Gasteiger partial charge in [-0.25, -0.2) is 0 Å². The number of carbonyl (C=O) groups is 1.